The normalized spacial score (nSPS) is 12.2. The van der Waals surface area contributed by atoms with E-state index in [9.17, 15) is 0 Å². The summed E-state index contributed by atoms with van der Waals surface area (Å²) in [6, 6.07) is 28.4. The lowest BCUT2D eigenvalue weighted by Crippen LogP contribution is -1.86. The summed E-state index contributed by atoms with van der Waals surface area (Å²) in [5.74, 6) is 0. The molecule has 0 saturated heterocycles. The quantitative estimate of drug-likeness (QED) is 0.340. The standard InChI is InChI=1S/C23H16S/c24-22-12-11-15-5-1-4-8-20(15)23(22)18-10-9-17-13-16-6-2-3-7-19(16)21(17)14-18/h1-12,14,24H,13H2. The highest BCUT2D eigenvalue weighted by atomic mass is 32.1. The molecule has 0 radical (unpaired) electrons. The Labute approximate surface area is 147 Å². The molecule has 0 fully saturated rings. The summed E-state index contributed by atoms with van der Waals surface area (Å²) in [6.45, 7) is 0. The lowest BCUT2D eigenvalue weighted by Gasteiger charge is -2.12. The van der Waals surface area contributed by atoms with Crippen molar-refractivity contribution in [1.29, 1.82) is 0 Å². The third-order valence-electron chi connectivity index (χ3n) is 4.99. The van der Waals surface area contributed by atoms with Gasteiger partial charge in [0.05, 0.1) is 0 Å². The first kappa shape index (κ1) is 13.9. The van der Waals surface area contributed by atoms with E-state index in [4.69, 9.17) is 12.6 Å². The minimum atomic E-state index is 1.03. The molecule has 0 N–H and O–H groups in total. The molecule has 0 heterocycles. The summed E-state index contributed by atoms with van der Waals surface area (Å²) in [5.41, 5.74) is 8.05. The molecular weight excluding hydrogens is 308 g/mol. The van der Waals surface area contributed by atoms with Crippen LogP contribution in [0.1, 0.15) is 11.1 Å². The number of hydrogen-bond donors (Lipinski definition) is 1. The van der Waals surface area contributed by atoms with E-state index in [1.54, 1.807) is 0 Å². The Bertz CT molecular complexity index is 1090. The topological polar surface area (TPSA) is 0 Å². The summed E-state index contributed by atoms with van der Waals surface area (Å²) in [6.07, 6.45) is 1.04. The SMILES string of the molecule is Sc1ccc2ccccc2c1-c1ccc2c(c1)-c1ccccc1C2. The molecular formula is C23H16S. The van der Waals surface area contributed by atoms with Gasteiger partial charge in [0.1, 0.15) is 0 Å². The van der Waals surface area contributed by atoms with Crippen LogP contribution < -0.4 is 0 Å². The molecule has 1 aliphatic rings. The van der Waals surface area contributed by atoms with Gasteiger partial charge in [0.15, 0.2) is 0 Å². The molecule has 0 spiro atoms. The third kappa shape index (κ3) is 2.02. The molecule has 0 aromatic heterocycles. The zero-order valence-corrected chi connectivity index (χ0v) is 14.1. The highest BCUT2D eigenvalue weighted by molar-refractivity contribution is 7.80. The summed E-state index contributed by atoms with van der Waals surface area (Å²) in [5, 5.41) is 2.52. The highest BCUT2D eigenvalue weighted by Gasteiger charge is 2.19. The van der Waals surface area contributed by atoms with Crippen molar-refractivity contribution in [3.63, 3.8) is 0 Å². The first-order valence-electron chi connectivity index (χ1n) is 8.23. The average molecular weight is 324 g/mol. The van der Waals surface area contributed by atoms with E-state index in [1.807, 2.05) is 0 Å². The second-order valence-corrected chi connectivity index (χ2v) is 6.87. The van der Waals surface area contributed by atoms with Crippen LogP contribution in [0.4, 0.5) is 0 Å². The summed E-state index contributed by atoms with van der Waals surface area (Å²) in [7, 11) is 0. The highest BCUT2D eigenvalue weighted by Crippen LogP contribution is 2.41. The van der Waals surface area contributed by atoms with Crippen LogP contribution in [0.2, 0.25) is 0 Å². The van der Waals surface area contributed by atoms with E-state index in [-0.39, 0.29) is 0 Å². The van der Waals surface area contributed by atoms with E-state index in [0.717, 1.165) is 11.3 Å². The van der Waals surface area contributed by atoms with E-state index in [0.29, 0.717) is 0 Å². The summed E-state index contributed by atoms with van der Waals surface area (Å²) in [4.78, 5) is 1.03. The minimum Gasteiger partial charge on any atom is -0.143 e. The van der Waals surface area contributed by atoms with Crippen LogP contribution in [0.25, 0.3) is 33.0 Å². The molecule has 0 saturated carbocycles. The van der Waals surface area contributed by atoms with Crippen molar-refractivity contribution in [2.75, 3.05) is 0 Å². The molecule has 4 aromatic rings. The molecule has 1 heteroatoms. The third-order valence-corrected chi connectivity index (χ3v) is 5.37. The Morgan fingerprint density at radius 1 is 0.667 bits per heavy atom. The number of hydrogen-bond acceptors (Lipinski definition) is 1. The lowest BCUT2D eigenvalue weighted by atomic mass is 9.94. The molecule has 0 aliphatic heterocycles. The maximum atomic E-state index is 4.75. The molecule has 4 aromatic carbocycles. The maximum absolute atomic E-state index is 4.75. The van der Waals surface area contributed by atoms with Crippen molar-refractivity contribution in [2.45, 2.75) is 11.3 Å². The fourth-order valence-electron chi connectivity index (χ4n) is 3.84. The van der Waals surface area contributed by atoms with Crippen LogP contribution in [-0.4, -0.2) is 0 Å². The van der Waals surface area contributed by atoms with Gasteiger partial charge in [-0.3, -0.25) is 0 Å². The number of thiol groups is 1. The first-order valence-corrected chi connectivity index (χ1v) is 8.68. The van der Waals surface area contributed by atoms with Crippen molar-refractivity contribution >= 4 is 23.4 Å². The Balaban J connectivity index is 1.78. The Morgan fingerprint density at radius 2 is 1.46 bits per heavy atom. The fraction of sp³-hybridized carbons (Fsp3) is 0.0435. The maximum Gasteiger partial charge on any atom is 0.0125 e. The zero-order chi connectivity index (χ0) is 16.1. The van der Waals surface area contributed by atoms with Gasteiger partial charge in [-0.25, -0.2) is 0 Å². The van der Waals surface area contributed by atoms with E-state index in [2.05, 4.69) is 78.9 Å². The predicted octanol–water partition coefficient (Wildman–Crippen LogP) is 6.37. The lowest BCUT2D eigenvalue weighted by molar-refractivity contribution is 1.26. The van der Waals surface area contributed by atoms with E-state index < -0.39 is 0 Å². The van der Waals surface area contributed by atoms with Gasteiger partial charge in [-0.1, -0.05) is 66.7 Å². The van der Waals surface area contributed by atoms with Crippen LogP contribution in [0, 0.1) is 0 Å². The predicted molar refractivity (Wildman–Crippen MR) is 105 cm³/mol. The van der Waals surface area contributed by atoms with Crippen LogP contribution in [0.5, 0.6) is 0 Å². The monoisotopic (exact) mass is 324 g/mol. The van der Waals surface area contributed by atoms with Gasteiger partial charge in [0, 0.05) is 10.5 Å². The number of benzene rings is 4. The Morgan fingerprint density at radius 3 is 2.42 bits per heavy atom. The minimum absolute atomic E-state index is 1.03. The van der Waals surface area contributed by atoms with Crippen molar-refractivity contribution in [3.05, 3.63) is 90.0 Å². The van der Waals surface area contributed by atoms with Crippen LogP contribution >= 0.6 is 12.6 Å². The molecule has 0 bridgehead atoms. The van der Waals surface area contributed by atoms with Gasteiger partial charge in [-0.2, -0.15) is 0 Å². The van der Waals surface area contributed by atoms with Crippen LogP contribution in [0.3, 0.4) is 0 Å². The zero-order valence-electron chi connectivity index (χ0n) is 13.2. The number of rotatable bonds is 1. The van der Waals surface area contributed by atoms with E-state index >= 15 is 0 Å². The second-order valence-electron chi connectivity index (χ2n) is 6.39. The fourth-order valence-corrected chi connectivity index (χ4v) is 4.17. The van der Waals surface area contributed by atoms with Gasteiger partial charge < -0.3 is 0 Å². The number of fused-ring (bicyclic) bond motifs is 4. The molecule has 0 atom stereocenters. The van der Waals surface area contributed by atoms with Crippen molar-refractivity contribution in [1.82, 2.24) is 0 Å². The van der Waals surface area contributed by atoms with Gasteiger partial charge in [0.25, 0.3) is 0 Å². The second kappa shape index (κ2) is 5.25. The largest absolute Gasteiger partial charge is 0.143 e. The van der Waals surface area contributed by atoms with E-state index in [1.165, 1.54) is 44.2 Å². The van der Waals surface area contributed by atoms with Gasteiger partial charge in [-0.15, -0.1) is 12.6 Å². The molecule has 24 heavy (non-hydrogen) atoms. The van der Waals surface area contributed by atoms with Gasteiger partial charge in [0.2, 0.25) is 0 Å². The van der Waals surface area contributed by atoms with Crippen LogP contribution in [0.15, 0.2) is 83.8 Å². The first-order chi connectivity index (χ1) is 11.8. The summed E-state index contributed by atoms with van der Waals surface area (Å²) >= 11 is 4.75. The Kier molecular flexibility index (Phi) is 3.04. The van der Waals surface area contributed by atoms with Gasteiger partial charge >= 0.3 is 0 Å². The molecule has 0 amide bonds. The van der Waals surface area contributed by atoms with Crippen molar-refractivity contribution in [2.24, 2.45) is 0 Å². The molecule has 5 rings (SSSR count). The van der Waals surface area contributed by atoms with Crippen LogP contribution in [-0.2, 0) is 6.42 Å². The average Bonchev–Trinajstić information content (AvgIpc) is 2.99. The Hall–Kier alpha value is -2.51. The smallest absolute Gasteiger partial charge is 0.0125 e. The molecule has 0 nitrogen and oxygen atoms in total. The van der Waals surface area contributed by atoms with Gasteiger partial charge in [-0.05, 0) is 57.1 Å². The molecule has 114 valence electrons. The van der Waals surface area contributed by atoms with Crippen molar-refractivity contribution in [3.8, 4) is 22.3 Å². The summed E-state index contributed by atoms with van der Waals surface area (Å²) < 4.78 is 0. The molecule has 0 unspecified atom stereocenters. The van der Waals surface area contributed by atoms with Crippen molar-refractivity contribution < 1.29 is 0 Å². The molecule has 1 aliphatic carbocycles.